The summed E-state index contributed by atoms with van der Waals surface area (Å²) in [5.74, 6) is -2.35. The van der Waals surface area contributed by atoms with Crippen molar-refractivity contribution in [2.24, 2.45) is 11.8 Å². The van der Waals surface area contributed by atoms with Crippen molar-refractivity contribution in [2.75, 3.05) is 26.2 Å². The molecule has 4 rings (SSSR count). The number of halogens is 3. The first-order valence-electron chi connectivity index (χ1n) is 11.2. The van der Waals surface area contributed by atoms with Crippen molar-refractivity contribution in [2.45, 2.75) is 37.0 Å². The van der Waals surface area contributed by atoms with E-state index >= 15 is 0 Å². The van der Waals surface area contributed by atoms with Crippen LogP contribution in [-0.2, 0) is 21.2 Å². The van der Waals surface area contributed by atoms with Gasteiger partial charge in [-0.1, -0.05) is 12.1 Å². The summed E-state index contributed by atoms with van der Waals surface area (Å²) in [5, 5.41) is 0. The molecular weight excluding hydrogens is 453 g/mol. The summed E-state index contributed by atoms with van der Waals surface area (Å²) in [6, 6.07) is 9.16. The summed E-state index contributed by atoms with van der Waals surface area (Å²) >= 11 is 0. The molecule has 0 N–H and O–H groups in total. The Labute approximate surface area is 192 Å². The van der Waals surface area contributed by atoms with Crippen LogP contribution in [-0.4, -0.2) is 49.7 Å². The number of likely N-dealkylation sites (tertiary alicyclic amines) is 1. The van der Waals surface area contributed by atoms with Crippen LogP contribution in [0, 0.1) is 29.3 Å². The fraction of sp³-hybridized carbons (Fsp3) is 0.458. The second-order valence-corrected chi connectivity index (χ2v) is 10.8. The lowest BCUT2D eigenvalue weighted by molar-refractivity contribution is -0.138. The van der Waals surface area contributed by atoms with Crippen molar-refractivity contribution in [3.8, 4) is 0 Å². The number of piperidine rings is 2. The minimum absolute atomic E-state index is 0.0454. The fourth-order valence-corrected chi connectivity index (χ4v) is 6.22. The topological polar surface area (TPSA) is 57.7 Å². The molecule has 178 valence electrons. The maximum absolute atomic E-state index is 13.5. The normalized spacial score (nSPS) is 19.1. The van der Waals surface area contributed by atoms with Gasteiger partial charge in [-0.15, -0.1) is 0 Å². The Morgan fingerprint density at radius 1 is 0.879 bits per heavy atom. The Morgan fingerprint density at radius 3 is 2.21 bits per heavy atom. The predicted molar refractivity (Wildman–Crippen MR) is 117 cm³/mol. The van der Waals surface area contributed by atoms with Gasteiger partial charge in [0.25, 0.3) is 0 Å². The molecule has 0 bridgehead atoms. The molecule has 2 aromatic rings. The summed E-state index contributed by atoms with van der Waals surface area (Å²) in [6.45, 7) is 1.61. The summed E-state index contributed by atoms with van der Waals surface area (Å²) < 4.78 is 66.8. The number of amides is 1. The van der Waals surface area contributed by atoms with Gasteiger partial charge in [0, 0.05) is 32.1 Å². The maximum Gasteiger partial charge on any atom is 0.243 e. The zero-order valence-electron chi connectivity index (χ0n) is 18.2. The van der Waals surface area contributed by atoms with E-state index in [9.17, 15) is 26.4 Å². The monoisotopic (exact) mass is 480 g/mol. The quantitative estimate of drug-likeness (QED) is 0.651. The van der Waals surface area contributed by atoms with Gasteiger partial charge in [0.2, 0.25) is 15.9 Å². The van der Waals surface area contributed by atoms with Gasteiger partial charge in [-0.05, 0) is 73.9 Å². The number of rotatable bonds is 5. The molecule has 2 saturated heterocycles. The summed E-state index contributed by atoms with van der Waals surface area (Å²) in [7, 11) is -3.94. The lowest BCUT2D eigenvalue weighted by atomic mass is 9.89. The molecule has 0 unspecified atom stereocenters. The highest BCUT2D eigenvalue weighted by molar-refractivity contribution is 7.89. The number of sulfonamides is 1. The highest BCUT2D eigenvalue weighted by Gasteiger charge is 2.35. The van der Waals surface area contributed by atoms with Crippen LogP contribution in [0.15, 0.2) is 47.4 Å². The molecular formula is C24H27F3N2O3S. The Hall–Kier alpha value is -2.39. The lowest BCUT2D eigenvalue weighted by Gasteiger charge is -2.37. The molecule has 2 aliphatic rings. The number of nitrogens with zero attached hydrogens (tertiary/aromatic N) is 2. The Bertz CT molecular complexity index is 1110. The summed E-state index contributed by atoms with van der Waals surface area (Å²) in [4.78, 5) is 14.6. The summed E-state index contributed by atoms with van der Waals surface area (Å²) in [6.07, 6.45) is 3.28. The van der Waals surface area contributed by atoms with Crippen LogP contribution >= 0.6 is 0 Å². The zero-order chi connectivity index (χ0) is 23.6. The molecule has 2 fully saturated rings. The second-order valence-electron chi connectivity index (χ2n) is 8.86. The Balaban J connectivity index is 1.28. The molecule has 0 atom stereocenters. The molecule has 0 aliphatic carbocycles. The number of carbonyl (C=O) groups is 1. The Morgan fingerprint density at radius 2 is 1.58 bits per heavy atom. The third-order valence-electron chi connectivity index (χ3n) is 6.67. The van der Waals surface area contributed by atoms with Crippen LogP contribution in [0.25, 0.3) is 0 Å². The molecule has 33 heavy (non-hydrogen) atoms. The van der Waals surface area contributed by atoms with Crippen LogP contribution in [0.4, 0.5) is 13.2 Å². The van der Waals surface area contributed by atoms with Crippen LogP contribution in [0.2, 0.25) is 0 Å². The third-order valence-corrected chi connectivity index (χ3v) is 8.57. The predicted octanol–water partition coefficient (Wildman–Crippen LogP) is 3.99. The molecule has 0 spiro atoms. The van der Waals surface area contributed by atoms with Crippen LogP contribution in [0.1, 0.15) is 31.2 Å². The van der Waals surface area contributed by atoms with Crippen molar-refractivity contribution in [1.82, 2.24) is 9.21 Å². The standard InChI is InChI=1S/C24H27F3N2O3S/c25-20-3-1-2-18(15-20)14-17-6-10-28(11-7-17)24(30)19-8-12-29(13-9-19)33(31,32)21-4-5-22(26)23(27)16-21/h1-5,15-17,19H,6-14H2. The first-order valence-corrected chi connectivity index (χ1v) is 12.7. The van der Waals surface area contributed by atoms with Crippen LogP contribution in [0.3, 0.4) is 0 Å². The Kier molecular flexibility index (Phi) is 7.09. The van der Waals surface area contributed by atoms with E-state index in [-0.39, 0.29) is 35.6 Å². The van der Waals surface area contributed by atoms with Crippen molar-refractivity contribution in [1.29, 1.82) is 0 Å². The molecule has 1 amide bonds. The smallest absolute Gasteiger partial charge is 0.243 e. The van der Waals surface area contributed by atoms with Crippen molar-refractivity contribution >= 4 is 15.9 Å². The number of carbonyl (C=O) groups excluding carboxylic acids is 1. The third kappa shape index (κ3) is 5.41. The highest BCUT2D eigenvalue weighted by atomic mass is 32.2. The van der Waals surface area contributed by atoms with Crippen molar-refractivity contribution in [3.05, 3.63) is 65.5 Å². The van der Waals surface area contributed by atoms with E-state index in [1.807, 2.05) is 11.0 Å². The average molecular weight is 481 g/mol. The van der Waals surface area contributed by atoms with E-state index in [1.165, 1.54) is 10.4 Å². The fourth-order valence-electron chi connectivity index (χ4n) is 4.74. The van der Waals surface area contributed by atoms with Gasteiger partial charge in [0.05, 0.1) is 4.90 Å². The highest BCUT2D eigenvalue weighted by Crippen LogP contribution is 2.28. The minimum Gasteiger partial charge on any atom is -0.342 e. The van der Waals surface area contributed by atoms with Gasteiger partial charge in [-0.2, -0.15) is 4.31 Å². The first kappa shape index (κ1) is 23.8. The van der Waals surface area contributed by atoms with Crippen LogP contribution in [0.5, 0.6) is 0 Å². The van der Waals surface area contributed by atoms with E-state index in [0.29, 0.717) is 37.9 Å². The second kappa shape index (κ2) is 9.85. The maximum atomic E-state index is 13.5. The van der Waals surface area contributed by atoms with Crippen LogP contribution < -0.4 is 0 Å². The number of benzene rings is 2. The van der Waals surface area contributed by atoms with Crippen molar-refractivity contribution < 1.29 is 26.4 Å². The van der Waals surface area contributed by atoms with E-state index in [1.54, 1.807) is 12.1 Å². The average Bonchev–Trinajstić information content (AvgIpc) is 2.81. The molecule has 0 saturated carbocycles. The van der Waals surface area contributed by atoms with Crippen molar-refractivity contribution in [3.63, 3.8) is 0 Å². The van der Waals surface area contributed by atoms with E-state index < -0.39 is 21.7 Å². The SMILES string of the molecule is O=C(C1CCN(S(=O)(=O)c2ccc(F)c(F)c2)CC1)N1CCC(Cc2cccc(F)c2)CC1. The molecule has 9 heteroatoms. The molecule has 2 heterocycles. The minimum atomic E-state index is -3.94. The molecule has 0 radical (unpaired) electrons. The van der Waals surface area contributed by atoms with Gasteiger partial charge in [0.1, 0.15) is 5.82 Å². The van der Waals surface area contributed by atoms with Gasteiger partial charge >= 0.3 is 0 Å². The zero-order valence-corrected chi connectivity index (χ0v) is 19.0. The van der Waals surface area contributed by atoms with E-state index in [4.69, 9.17) is 0 Å². The van der Waals surface area contributed by atoms with Gasteiger partial charge < -0.3 is 4.90 Å². The van der Waals surface area contributed by atoms with Gasteiger partial charge in [-0.3, -0.25) is 4.79 Å². The molecule has 2 aromatic carbocycles. The van der Waals surface area contributed by atoms with E-state index in [2.05, 4.69) is 0 Å². The number of hydrogen-bond donors (Lipinski definition) is 0. The lowest BCUT2D eigenvalue weighted by Crippen LogP contribution is -2.46. The molecule has 0 aromatic heterocycles. The summed E-state index contributed by atoms with van der Waals surface area (Å²) in [5.41, 5.74) is 0.967. The first-order chi connectivity index (χ1) is 15.7. The molecule has 2 aliphatic heterocycles. The molecule has 5 nitrogen and oxygen atoms in total. The van der Waals surface area contributed by atoms with Gasteiger partial charge in [0.15, 0.2) is 11.6 Å². The number of hydrogen-bond acceptors (Lipinski definition) is 3. The largest absolute Gasteiger partial charge is 0.342 e. The van der Waals surface area contributed by atoms with Gasteiger partial charge in [-0.25, -0.2) is 21.6 Å². The van der Waals surface area contributed by atoms with E-state index in [0.717, 1.165) is 37.0 Å².